The second-order valence-corrected chi connectivity index (χ2v) is 10.2. The van der Waals surface area contributed by atoms with E-state index in [1.807, 2.05) is 31.2 Å². The number of methoxy groups -OCH3 is 1. The molecule has 8 heteroatoms. The van der Waals surface area contributed by atoms with E-state index in [0.29, 0.717) is 17.7 Å². The van der Waals surface area contributed by atoms with E-state index in [2.05, 4.69) is 12.1 Å². The standard InChI is InChI=1S/C27H33F2NO4S/c1-19(8-6-11-20-9-4-3-5-10-20)23(31)15-13-21-18-27(28,29)26(33)30(21)17-7-12-22-14-16-24(35-22)25(32)34-2/h3-5,9-10,13-16,19,21,23,31H,6-8,11-12,17-18H2,1-2H3/b15-13+/t19-,21+,23+/m1/s1. The van der Waals surface area contributed by atoms with Crippen molar-refractivity contribution in [3.8, 4) is 0 Å². The molecule has 1 aliphatic heterocycles. The zero-order valence-electron chi connectivity index (χ0n) is 20.2. The van der Waals surface area contributed by atoms with Crippen LogP contribution >= 0.6 is 11.3 Å². The average Bonchev–Trinajstić information content (AvgIpc) is 3.40. The molecule has 1 N–H and O–H groups in total. The molecule has 2 heterocycles. The summed E-state index contributed by atoms with van der Waals surface area (Å²) in [5, 5.41) is 10.5. The molecule has 0 bridgehead atoms. The van der Waals surface area contributed by atoms with E-state index >= 15 is 0 Å². The molecule has 0 aliphatic carbocycles. The molecule has 5 nitrogen and oxygen atoms in total. The lowest BCUT2D eigenvalue weighted by atomic mass is 9.95. The summed E-state index contributed by atoms with van der Waals surface area (Å²) < 4.78 is 33.1. The van der Waals surface area contributed by atoms with Gasteiger partial charge in [-0.3, -0.25) is 4.79 Å². The molecule has 1 amide bonds. The number of alkyl halides is 2. The lowest BCUT2D eigenvalue weighted by molar-refractivity contribution is -0.148. The van der Waals surface area contributed by atoms with Gasteiger partial charge in [-0.15, -0.1) is 11.3 Å². The smallest absolute Gasteiger partial charge is 0.348 e. The first-order valence-electron chi connectivity index (χ1n) is 12.0. The van der Waals surface area contributed by atoms with Crippen molar-refractivity contribution >= 4 is 23.2 Å². The van der Waals surface area contributed by atoms with Crippen LogP contribution in [0.25, 0.3) is 0 Å². The molecule has 1 aliphatic rings. The van der Waals surface area contributed by atoms with Crippen molar-refractivity contribution < 1.29 is 28.2 Å². The third-order valence-electron chi connectivity index (χ3n) is 6.39. The number of aryl methyl sites for hydroxylation is 2. The Morgan fingerprint density at radius 3 is 2.69 bits per heavy atom. The first kappa shape index (κ1) is 27.0. The summed E-state index contributed by atoms with van der Waals surface area (Å²) in [6.07, 6.45) is 5.47. The van der Waals surface area contributed by atoms with Gasteiger partial charge in [0.15, 0.2) is 0 Å². The van der Waals surface area contributed by atoms with Crippen LogP contribution in [0.3, 0.4) is 0 Å². The van der Waals surface area contributed by atoms with Gasteiger partial charge in [0.05, 0.1) is 19.3 Å². The lowest BCUT2D eigenvalue weighted by Crippen LogP contribution is -2.36. The van der Waals surface area contributed by atoms with Gasteiger partial charge in [-0.25, -0.2) is 4.79 Å². The van der Waals surface area contributed by atoms with Gasteiger partial charge in [-0.2, -0.15) is 8.78 Å². The van der Waals surface area contributed by atoms with Crippen molar-refractivity contribution in [1.29, 1.82) is 0 Å². The molecule has 190 valence electrons. The minimum atomic E-state index is -3.40. The zero-order chi connectivity index (χ0) is 25.4. The molecular formula is C27H33F2NO4S. The molecule has 1 aromatic carbocycles. The van der Waals surface area contributed by atoms with Crippen LogP contribution in [0.2, 0.25) is 0 Å². The molecule has 0 unspecified atom stereocenters. The monoisotopic (exact) mass is 505 g/mol. The quantitative estimate of drug-likeness (QED) is 0.315. The van der Waals surface area contributed by atoms with Gasteiger partial charge >= 0.3 is 11.9 Å². The van der Waals surface area contributed by atoms with Crippen molar-refractivity contribution in [3.63, 3.8) is 0 Å². The molecule has 1 aromatic heterocycles. The number of nitrogens with zero attached hydrogens (tertiary/aromatic N) is 1. The number of likely N-dealkylation sites (tertiary alicyclic amines) is 1. The number of hydrogen-bond donors (Lipinski definition) is 1. The fourth-order valence-electron chi connectivity index (χ4n) is 4.28. The van der Waals surface area contributed by atoms with Gasteiger partial charge in [0.2, 0.25) is 0 Å². The largest absolute Gasteiger partial charge is 0.465 e. The molecule has 0 radical (unpaired) electrons. The predicted molar refractivity (Wildman–Crippen MR) is 133 cm³/mol. The van der Waals surface area contributed by atoms with Crippen molar-refractivity contribution in [2.24, 2.45) is 5.92 Å². The third kappa shape index (κ3) is 7.45. The van der Waals surface area contributed by atoms with Gasteiger partial charge < -0.3 is 14.7 Å². The summed E-state index contributed by atoms with van der Waals surface area (Å²) in [7, 11) is 1.32. The fraction of sp³-hybridized carbons (Fsp3) is 0.481. The number of thiophene rings is 1. The van der Waals surface area contributed by atoms with Crippen LogP contribution in [0.1, 0.15) is 52.7 Å². The normalized spacial score (nSPS) is 19.3. The highest BCUT2D eigenvalue weighted by atomic mass is 32.1. The lowest BCUT2D eigenvalue weighted by Gasteiger charge is -2.22. The number of halogens is 2. The van der Waals surface area contributed by atoms with Gasteiger partial charge in [-0.05, 0) is 55.7 Å². The average molecular weight is 506 g/mol. The van der Waals surface area contributed by atoms with Crippen molar-refractivity contribution in [2.45, 2.75) is 63.5 Å². The Morgan fingerprint density at radius 1 is 1.23 bits per heavy atom. The Balaban J connectivity index is 1.51. The zero-order valence-corrected chi connectivity index (χ0v) is 21.0. The first-order chi connectivity index (χ1) is 16.7. The molecule has 2 aromatic rings. The SMILES string of the molecule is COC(=O)c1ccc(CCCN2C(=O)C(F)(F)C[C@@H]2/C=C/[C@H](O)[C@H](C)CCCc2ccccc2)s1. The van der Waals surface area contributed by atoms with Crippen LogP contribution in [0.4, 0.5) is 8.78 Å². The maximum atomic E-state index is 14.2. The minimum Gasteiger partial charge on any atom is -0.465 e. The number of aliphatic hydroxyl groups excluding tert-OH is 1. The predicted octanol–water partition coefficient (Wildman–Crippen LogP) is 5.28. The number of carbonyl (C=O) groups is 2. The van der Waals surface area contributed by atoms with Crippen LogP contribution in [0, 0.1) is 5.92 Å². The van der Waals surface area contributed by atoms with Gasteiger partial charge in [0.25, 0.3) is 5.91 Å². The van der Waals surface area contributed by atoms with E-state index in [4.69, 9.17) is 4.74 Å². The summed E-state index contributed by atoms with van der Waals surface area (Å²) in [6, 6.07) is 12.9. The van der Waals surface area contributed by atoms with E-state index < -0.39 is 36.4 Å². The van der Waals surface area contributed by atoms with E-state index in [1.165, 1.54) is 28.9 Å². The van der Waals surface area contributed by atoms with Crippen LogP contribution in [-0.4, -0.2) is 53.6 Å². The molecular weight excluding hydrogens is 472 g/mol. The molecule has 0 spiro atoms. The Kier molecular flexibility index (Phi) is 9.57. The number of benzene rings is 1. The number of ether oxygens (including phenoxy) is 1. The highest BCUT2D eigenvalue weighted by Gasteiger charge is 2.52. The molecule has 35 heavy (non-hydrogen) atoms. The van der Waals surface area contributed by atoms with Crippen molar-refractivity contribution in [3.05, 3.63) is 69.9 Å². The number of hydrogen-bond acceptors (Lipinski definition) is 5. The highest BCUT2D eigenvalue weighted by molar-refractivity contribution is 7.13. The van der Waals surface area contributed by atoms with E-state index in [-0.39, 0.29) is 12.5 Å². The first-order valence-corrected chi connectivity index (χ1v) is 12.8. The van der Waals surface area contributed by atoms with Crippen molar-refractivity contribution in [1.82, 2.24) is 4.90 Å². The summed E-state index contributed by atoms with van der Waals surface area (Å²) in [6.45, 7) is 2.12. The summed E-state index contributed by atoms with van der Waals surface area (Å²) >= 11 is 1.30. The molecule has 3 atom stereocenters. The number of rotatable bonds is 12. The van der Waals surface area contributed by atoms with Crippen LogP contribution in [0.15, 0.2) is 54.6 Å². The Hall–Kier alpha value is -2.58. The maximum absolute atomic E-state index is 14.2. The second kappa shape index (κ2) is 12.4. The molecule has 1 fully saturated rings. The highest BCUT2D eigenvalue weighted by Crippen LogP contribution is 2.34. The summed E-state index contributed by atoms with van der Waals surface area (Å²) in [4.78, 5) is 26.5. The van der Waals surface area contributed by atoms with Crippen LogP contribution in [-0.2, 0) is 22.4 Å². The van der Waals surface area contributed by atoms with Crippen molar-refractivity contribution in [2.75, 3.05) is 13.7 Å². The van der Waals surface area contributed by atoms with E-state index in [9.17, 15) is 23.5 Å². The van der Waals surface area contributed by atoms with Crippen LogP contribution in [0.5, 0.6) is 0 Å². The topological polar surface area (TPSA) is 66.8 Å². The van der Waals surface area contributed by atoms with Crippen LogP contribution < -0.4 is 0 Å². The number of aliphatic hydroxyl groups is 1. The van der Waals surface area contributed by atoms with Gasteiger partial charge in [-0.1, -0.05) is 49.4 Å². The van der Waals surface area contributed by atoms with E-state index in [0.717, 1.165) is 24.1 Å². The second-order valence-electron chi connectivity index (χ2n) is 9.07. The number of carbonyl (C=O) groups excluding carboxylic acids is 2. The summed E-state index contributed by atoms with van der Waals surface area (Å²) in [5.74, 6) is -5.00. The van der Waals surface area contributed by atoms with Gasteiger partial charge in [0.1, 0.15) is 4.88 Å². The maximum Gasteiger partial charge on any atom is 0.348 e. The molecule has 0 saturated carbocycles. The molecule has 1 saturated heterocycles. The van der Waals surface area contributed by atoms with E-state index in [1.54, 1.807) is 18.2 Å². The Labute approximate surface area is 209 Å². The fourth-order valence-corrected chi connectivity index (χ4v) is 5.25. The number of amides is 1. The minimum absolute atomic E-state index is 0.0242. The third-order valence-corrected chi connectivity index (χ3v) is 7.52. The Morgan fingerprint density at radius 2 is 1.97 bits per heavy atom. The summed E-state index contributed by atoms with van der Waals surface area (Å²) in [5.41, 5.74) is 1.25. The molecule has 3 rings (SSSR count). The van der Waals surface area contributed by atoms with Gasteiger partial charge in [0, 0.05) is 17.8 Å². The Bertz CT molecular complexity index is 1010. The number of esters is 1.